The van der Waals surface area contributed by atoms with E-state index in [-0.39, 0.29) is 11.9 Å². The predicted molar refractivity (Wildman–Crippen MR) is 76.3 cm³/mol. The third-order valence-electron chi connectivity index (χ3n) is 3.64. The summed E-state index contributed by atoms with van der Waals surface area (Å²) in [4.78, 5) is 11.8. The van der Waals surface area contributed by atoms with Gasteiger partial charge in [0.15, 0.2) is 4.34 Å². The summed E-state index contributed by atoms with van der Waals surface area (Å²) in [6.07, 6.45) is 3.64. The molecule has 1 heterocycles. The Balaban J connectivity index is 1.86. The molecule has 5 nitrogen and oxygen atoms in total. The zero-order chi connectivity index (χ0) is 13.9. The molecular formula is C12H19N3O2S2. The summed E-state index contributed by atoms with van der Waals surface area (Å²) in [6.45, 7) is 1.95. The second-order valence-corrected chi connectivity index (χ2v) is 7.37. The van der Waals surface area contributed by atoms with Crippen molar-refractivity contribution in [2.24, 2.45) is 11.7 Å². The Morgan fingerprint density at radius 1 is 1.63 bits per heavy atom. The number of hydrogen-bond donors (Lipinski definition) is 1. The number of nitrogens with zero attached hydrogens (tertiary/aromatic N) is 2. The van der Waals surface area contributed by atoms with Crippen LogP contribution in [-0.2, 0) is 9.53 Å². The van der Waals surface area contributed by atoms with E-state index in [1.165, 1.54) is 7.11 Å². The lowest BCUT2D eigenvalue weighted by Crippen LogP contribution is -2.51. The first kappa shape index (κ1) is 14.7. The molecule has 0 aromatic carbocycles. The molecule has 19 heavy (non-hydrogen) atoms. The molecule has 0 aliphatic heterocycles. The molecule has 0 radical (unpaired) electrons. The fraction of sp³-hybridized carbons (Fsp3) is 0.750. The Labute approximate surface area is 121 Å². The number of nitrogens with two attached hydrogens (primary N) is 1. The standard InChI is InChI=1S/C12H19N3O2S2/c1-8-14-15-11(19-8)18-7-5-9-4-3-6-12(9,13)10(16)17-2/h9H,3-7,13H2,1-2H3. The number of thioether (sulfide) groups is 1. The highest BCUT2D eigenvalue weighted by molar-refractivity contribution is 8.01. The first-order valence-electron chi connectivity index (χ1n) is 6.36. The van der Waals surface area contributed by atoms with E-state index in [0.29, 0.717) is 0 Å². The summed E-state index contributed by atoms with van der Waals surface area (Å²) < 4.78 is 5.83. The van der Waals surface area contributed by atoms with Crippen molar-refractivity contribution in [3.05, 3.63) is 5.01 Å². The zero-order valence-corrected chi connectivity index (χ0v) is 12.9. The summed E-state index contributed by atoms with van der Waals surface area (Å²) in [5, 5.41) is 9.04. The predicted octanol–water partition coefficient (Wildman–Crippen LogP) is 2.00. The van der Waals surface area contributed by atoms with Crippen molar-refractivity contribution in [1.29, 1.82) is 0 Å². The van der Waals surface area contributed by atoms with Crippen LogP contribution in [0.3, 0.4) is 0 Å². The maximum Gasteiger partial charge on any atom is 0.326 e. The van der Waals surface area contributed by atoms with Gasteiger partial charge in [0, 0.05) is 5.75 Å². The second kappa shape index (κ2) is 6.19. The molecule has 1 aromatic rings. The Morgan fingerprint density at radius 3 is 3.05 bits per heavy atom. The van der Waals surface area contributed by atoms with Crippen molar-refractivity contribution in [3.8, 4) is 0 Å². The van der Waals surface area contributed by atoms with E-state index >= 15 is 0 Å². The number of hydrogen-bond acceptors (Lipinski definition) is 7. The Kier molecular flexibility index (Phi) is 4.81. The average Bonchev–Trinajstić information content (AvgIpc) is 2.97. The van der Waals surface area contributed by atoms with E-state index in [1.54, 1.807) is 23.1 Å². The molecule has 0 saturated heterocycles. The molecule has 2 atom stereocenters. The molecule has 2 N–H and O–H groups in total. The van der Waals surface area contributed by atoms with Crippen molar-refractivity contribution < 1.29 is 9.53 Å². The maximum absolute atomic E-state index is 11.8. The van der Waals surface area contributed by atoms with Gasteiger partial charge in [0.2, 0.25) is 0 Å². The van der Waals surface area contributed by atoms with E-state index in [0.717, 1.165) is 40.8 Å². The van der Waals surface area contributed by atoms with Crippen LogP contribution < -0.4 is 5.73 Å². The number of esters is 1. The van der Waals surface area contributed by atoms with Crippen LogP contribution in [0, 0.1) is 12.8 Å². The summed E-state index contributed by atoms with van der Waals surface area (Å²) in [5.74, 6) is 0.850. The van der Waals surface area contributed by atoms with Gasteiger partial charge in [-0.05, 0) is 32.1 Å². The van der Waals surface area contributed by atoms with Crippen LogP contribution in [0.2, 0.25) is 0 Å². The molecular weight excluding hydrogens is 282 g/mol. The van der Waals surface area contributed by atoms with Crippen LogP contribution in [0.4, 0.5) is 0 Å². The van der Waals surface area contributed by atoms with Crippen LogP contribution in [0.25, 0.3) is 0 Å². The summed E-state index contributed by atoms with van der Waals surface area (Å²) in [5.41, 5.74) is 5.45. The molecule has 0 bridgehead atoms. The Hall–Kier alpha value is -0.660. The molecule has 0 amide bonds. The van der Waals surface area contributed by atoms with Crippen molar-refractivity contribution in [1.82, 2.24) is 10.2 Å². The minimum Gasteiger partial charge on any atom is -0.468 e. The summed E-state index contributed by atoms with van der Waals surface area (Å²) in [7, 11) is 1.41. The normalized spacial score (nSPS) is 26.6. The third-order valence-corrected chi connectivity index (χ3v) is 5.64. The fourth-order valence-corrected chi connectivity index (χ4v) is 4.53. The van der Waals surface area contributed by atoms with Crippen LogP contribution in [-0.4, -0.2) is 34.6 Å². The molecule has 0 spiro atoms. The van der Waals surface area contributed by atoms with Gasteiger partial charge >= 0.3 is 5.97 Å². The first-order chi connectivity index (χ1) is 9.06. The fourth-order valence-electron chi connectivity index (χ4n) is 2.59. The second-order valence-electron chi connectivity index (χ2n) is 4.85. The van der Waals surface area contributed by atoms with E-state index in [9.17, 15) is 4.79 Å². The summed E-state index contributed by atoms with van der Waals surface area (Å²) in [6, 6.07) is 0. The smallest absolute Gasteiger partial charge is 0.326 e. The van der Waals surface area contributed by atoms with Gasteiger partial charge in [-0.2, -0.15) is 0 Å². The number of rotatable bonds is 5. The van der Waals surface area contributed by atoms with Gasteiger partial charge in [-0.1, -0.05) is 29.5 Å². The van der Waals surface area contributed by atoms with E-state index in [2.05, 4.69) is 10.2 Å². The van der Waals surface area contributed by atoms with Gasteiger partial charge < -0.3 is 10.5 Å². The van der Waals surface area contributed by atoms with E-state index in [4.69, 9.17) is 10.5 Å². The van der Waals surface area contributed by atoms with Crippen molar-refractivity contribution >= 4 is 29.1 Å². The molecule has 7 heteroatoms. The average molecular weight is 301 g/mol. The minimum atomic E-state index is -0.785. The number of aromatic nitrogens is 2. The van der Waals surface area contributed by atoms with Gasteiger partial charge in [-0.15, -0.1) is 10.2 Å². The third kappa shape index (κ3) is 3.27. The lowest BCUT2D eigenvalue weighted by atomic mass is 9.86. The van der Waals surface area contributed by atoms with E-state index in [1.807, 2.05) is 6.92 Å². The van der Waals surface area contributed by atoms with Crippen molar-refractivity contribution in [2.75, 3.05) is 12.9 Å². The zero-order valence-electron chi connectivity index (χ0n) is 11.2. The summed E-state index contributed by atoms with van der Waals surface area (Å²) >= 11 is 3.28. The Morgan fingerprint density at radius 2 is 2.42 bits per heavy atom. The molecule has 1 fully saturated rings. The highest BCUT2D eigenvalue weighted by Crippen LogP contribution is 2.38. The quantitative estimate of drug-likeness (QED) is 0.662. The lowest BCUT2D eigenvalue weighted by molar-refractivity contribution is -0.148. The minimum absolute atomic E-state index is 0.210. The first-order valence-corrected chi connectivity index (χ1v) is 8.16. The van der Waals surface area contributed by atoms with Gasteiger partial charge in [0.25, 0.3) is 0 Å². The number of methoxy groups -OCH3 is 1. The number of carbonyl (C=O) groups is 1. The number of carbonyl (C=O) groups excluding carboxylic acids is 1. The molecule has 1 aliphatic rings. The Bertz CT molecular complexity index is 452. The molecule has 2 rings (SSSR count). The topological polar surface area (TPSA) is 78.1 Å². The van der Waals surface area contributed by atoms with Gasteiger partial charge in [0.1, 0.15) is 10.5 Å². The largest absolute Gasteiger partial charge is 0.468 e. The van der Waals surface area contributed by atoms with Gasteiger partial charge in [-0.25, -0.2) is 0 Å². The molecule has 2 unspecified atom stereocenters. The molecule has 1 aromatic heterocycles. The SMILES string of the molecule is COC(=O)C1(N)CCCC1CCSc1nnc(C)s1. The van der Waals surface area contributed by atoms with Crippen LogP contribution in [0.5, 0.6) is 0 Å². The number of ether oxygens (including phenoxy) is 1. The van der Waals surface area contributed by atoms with Crippen molar-refractivity contribution in [2.45, 2.75) is 42.5 Å². The highest BCUT2D eigenvalue weighted by atomic mass is 32.2. The van der Waals surface area contributed by atoms with Crippen molar-refractivity contribution in [3.63, 3.8) is 0 Å². The van der Waals surface area contributed by atoms with Gasteiger partial charge in [-0.3, -0.25) is 4.79 Å². The molecule has 1 aliphatic carbocycles. The van der Waals surface area contributed by atoms with Crippen LogP contribution >= 0.6 is 23.1 Å². The monoisotopic (exact) mass is 301 g/mol. The van der Waals surface area contributed by atoms with Gasteiger partial charge in [0.05, 0.1) is 7.11 Å². The highest BCUT2D eigenvalue weighted by Gasteiger charge is 2.46. The number of aryl methyl sites for hydroxylation is 1. The van der Waals surface area contributed by atoms with E-state index < -0.39 is 5.54 Å². The lowest BCUT2D eigenvalue weighted by Gasteiger charge is -2.28. The van der Waals surface area contributed by atoms with Crippen LogP contribution in [0.15, 0.2) is 4.34 Å². The van der Waals surface area contributed by atoms with Crippen LogP contribution in [0.1, 0.15) is 30.7 Å². The molecule has 1 saturated carbocycles. The maximum atomic E-state index is 11.8. The molecule has 106 valence electrons.